The molecule has 1 saturated heterocycles. The van der Waals surface area contributed by atoms with Crippen LogP contribution in [0.25, 0.3) is 0 Å². The molecule has 8 heteroatoms. The Kier molecular flexibility index (Phi) is 8.59. The Morgan fingerprint density at radius 1 is 1.07 bits per heavy atom. The summed E-state index contributed by atoms with van der Waals surface area (Å²) < 4.78 is 36.4. The summed E-state index contributed by atoms with van der Waals surface area (Å²) >= 11 is 0. The number of hydrogen-bond donors (Lipinski definition) is 2. The van der Waals surface area contributed by atoms with Gasteiger partial charge < -0.3 is 19.5 Å². The molecular weight excluding hydrogens is 380 g/mol. The van der Waals surface area contributed by atoms with Gasteiger partial charge in [0.05, 0.1) is 24.4 Å². The summed E-state index contributed by atoms with van der Waals surface area (Å²) in [6.45, 7) is 6.38. The van der Waals surface area contributed by atoms with Gasteiger partial charge in [0.1, 0.15) is 10.1 Å². The molecule has 0 radical (unpaired) electrons. The molecule has 1 heterocycles. The molecule has 0 bridgehead atoms. The average Bonchev–Trinajstić information content (AvgIpc) is 2.68. The van der Waals surface area contributed by atoms with Crippen molar-refractivity contribution in [3.8, 4) is 0 Å². The minimum Gasteiger partial charge on any atom is -0.744 e. The number of rotatable bonds is 5. The maximum atomic E-state index is 11.6. The third kappa shape index (κ3) is 8.18. The van der Waals surface area contributed by atoms with E-state index in [-0.39, 0.29) is 10.9 Å². The number of hydrogen-bond acceptors (Lipinski definition) is 6. The lowest BCUT2D eigenvalue weighted by Gasteiger charge is -2.23. The monoisotopic (exact) mass is 406 g/mol. The molecule has 0 spiro atoms. The van der Waals surface area contributed by atoms with E-state index in [4.69, 9.17) is 4.74 Å². The first-order valence-corrected chi connectivity index (χ1v) is 10.5. The standard InChI is InChI=1S/C13H18N2O2.C7H8O3S/c16-13(10-12-4-2-1-3-5-12)17-11-15-8-6-14-7-9-15;1-6-2-4-7(5-3-6)11(8,9)10/h1-5,14H,6-11H2;2-5H,1H3,(H,8,9,10). The van der Waals surface area contributed by atoms with Crippen LogP contribution in [0.4, 0.5) is 0 Å². The first kappa shape index (κ1) is 22.0. The Morgan fingerprint density at radius 3 is 2.25 bits per heavy atom. The summed E-state index contributed by atoms with van der Waals surface area (Å²) in [7, 11) is -4.27. The zero-order valence-electron chi connectivity index (χ0n) is 15.9. The van der Waals surface area contributed by atoms with Crippen molar-refractivity contribution in [3.63, 3.8) is 0 Å². The van der Waals surface area contributed by atoms with Gasteiger partial charge in [0, 0.05) is 13.1 Å². The van der Waals surface area contributed by atoms with Gasteiger partial charge in [-0.2, -0.15) is 0 Å². The van der Waals surface area contributed by atoms with Gasteiger partial charge in [-0.15, -0.1) is 0 Å². The Balaban J connectivity index is 0.000000221. The number of esters is 1. The van der Waals surface area contributed by atoms with E-state index in [2.05, 4.69) is 5.32 Å². The van der Waals surface area contributed by atoms with E-state index in [0.29, 0.717) is 13.2 Å². The van der Waals surface area contributed by atoms with Crippen molar-refractivity contribution < 1.29 is 27.4 Å². The molecule has 0 aliphatic carbocycles. The lowest BCUT2D eigenvalue weighted by atomic mass is 10.2. The average molecular weight is 407 g/mol. The molecule has 1 aliphatic heterocycles. The SMILES string of the molecule is Cc1ccc(S(=O)(=O)[O-])cc1.O=C(Cc1ccccc1)OC[NH+]1CCNCC1. The van der Waals surface area contributed by atoms with E-state index in [1.807, 2.05) is 37.3 Å². The van der Waals surface area contributed by atoms with Crippen LogP contribution in [-0.2, 0) is 26.1 Å². The Hall–Kier alpha value is -2.26. The van der Waals surface area contributed by atoms with Gasteiger partial charge in [-0.1, -0.05) is 48.0 Å². The number of ether oxygens (including phenoxy) is 1. The molecular formula is C20H26N2O5S. The molecule has 2 aromatic rings. The summed E-state index contributed by atoms with van der Waals surface area (Å²) in [4.78, 5) is 12.8. The Labute approximate surface area is 166 Å². The second-order valence-corrected chi connectivity index (χ2v) is 7.97. The smallest absolute Gasteiger partial charge is 0.314 e. The molecule has 0 atom stereocenters. The second kappa shape index (κ2) is 10.9. The van der Waals surface area contributed by atoms with E-state index in [1.165, 1.54) is 17.0 Å². The topological polar surface area (TPSA) is 100.0 Å². The van der Waals surface area contributed by atoms with E-state index in [9.17, 15) is 17.8 Å². The molecule has 0 aromatic heterocycles. The van der Waals surface area contributed by atoms with Crippen LogP contribution in [0.3, 0.4) is 0 Å². The van der Waals surface area contributed by atoms with Crippen LogP contribution in [0.5, 0.6) is 0 Å². The van der Waals surface area contributed by atoms with Gasteiger partial charge >= 0.3 is 5.97 Å². The van der Waals surface area contributed by atoms with E-state index in [1.54, 1.807) is 12.1 Å². The number of piperazine rings is 1. The van der Waals surface area contributed by atoms with E-state index >= 15 is 0 Å². The lowest BCUT2D eigenvalue weighted by molar-refractivity contribution is -0.918. The largest absolute Gasteiger partial charge is 0.744 e. The molecule has 0 unspecified atom stereocenters. The van der Waals surface area contributed by atoms with Crippen LogP contribution in [0.15, 0.2) is 59.5 Å². The first-order valence-electron chi connectivity index (χ1n) is 9.11. The summed E-state index contributed by atoms with van der Waals surface area (Å²) in [5, 5.41) is 3.28. The molecule has 2 aromatic carbocycles. The van der Waals surface area contributed by atoms with Gasteiger partial charge in [0.2, 0.25) is 6.73 Å². The zero-order chi connectivity index (χ0) is 20.4. The van der Waals surface area contributed by atoms with Crippen molar-refractivity contribution in [2.24, 2.45) is 0 Å². The maximum absolute atomic E-state index is 11.6. The summed E-state index contributed by atoms with van der Waals surface area (Å²) in [6.07, 6.45) is 0.367. The number of benzene rings is 2. The number of quaternary nitrogens is 1. The minimum absolute atomic E-state index is 0.137. The Bertz CT molecular complexity index is 833. The second-order valence-electron chi connectivity index (χ2n) is 6.59. The lowest BCUT2D eigenvalue weighted by Crippen LogP contribution is -3.15. The van der Waals surface area contributed by atoms with Crippen molar-refractivity contribution in [1.29, 1.82) is 0 Å². The van der Waals surface area contributed by atoms with E-state index in [0.717, 1.165) is 37.3 Å². The number of carbonyl (C=O) groups excluding carboxylic acids is 1. The summed E-state index contributed by atoms with van der Waals surface area (Å²) in [6, 6.07) is 15.5. The van der Waals surface area contributed by atoms with Crippen molar-refractivity contribution in [2.45, 2.75) is 18.2 Å². The molecule has 1 aliphatic rings. The molecule has 3 rings (SSSR count). The van der Waals surface area contributed by atoms with Crippen molar-refractivity contribution in [1.82, 2.24) is 5.32 Å². The fraction of sp³-hybridized carbons (Fsp3) is 0.350. The number of aryl methyl sites for hydroxylation is 1. The van der Waals surface area contributed by atoms with Gasteiger partial charge in [0.25, 0.3) is 0 Å². The van der Waals surface area contributed by atoms with Gasteiger partial charge in [0.15, 0.2) is 0 Å². The highest BCUT2D eigenvalue weighted by Gasteiger charge is 2.14. The molecule has 0 saturated carbocycles. The van der Waals surface area contributed by atoms with Gasteiger partial charge in [-0.05, 0) is 24.6 Å². The number of nitrogens with one attached hydrogen (secondary N) is 2. The highest BCUT2D eigenvalue weighted by Crippen LogP contribution is 2.08. The highest BCUT2D eigenvalue weighted by atomic mass is 32.2. The fourth-order valence-corrected chi connectivity index (χ4v) is 3.10. The predicted octanol–water partition coefficient (Wildman–Crippen LogP) is 0.117. The molecule has 28 heavy (non-hydrogen) atoms. The third-order valence-corrected chi connectivity index (χ3v) is 5.10. The van der Waals surface area contributed by atoms with Gasteiger partial charge in [-0.25, -0.2) is 8.42 Å². The minimum atomic E-state index is -4.27. The predicted molar refractivity (Wildman–Crippen MR) is 104 cm³/mol. The summed E-state index contributed by atoms with van der Waals surface area (Å²) in [5.41, 5.74) is 1.94. The van der Waals surface area contributed by atoms with Crippen LogP contribution in [0, 0.1) is 6.92 Å². The fourth-order valence-electron chi connectivity index (χ4n) is 2.63. The quantitative estimate of drug-likeness (QED) is 0.540. The van der Waals surface area contributed by atoms with Gasteiger partial charge in [-0.3, -0.25) is 4.79 Å². The van der Waals surface area contributed by atoms with Crippen LogP contribution in [0.1, 0.15) is 11.1 Å². The normalized spacial score (nSPS) is 14.6. The molecule has 0 amide bonds. The highest BCUT2D eigenvalue weighted by molar-refractivity contribution is 7.85. The molecule has 7 nitrogen and oxygen atoms in total. The van der Waals surface area contributed by atoms with E-state index < -0.39 is 10.1 Å². The van der Waals surface area contributed by atoms with Crippen molar-refractivity contribution in [2.75, 3.05) is 32.9 Å². The maximum Gasteiger partial charge on any atom is 0.314 e. The molecule has 2 N–H and O–H groups in total. The molecule has 1 fully saturated rings. The Morgan fingerprint density at radius 2 is 1.68 bits per heavy atom. The van der Waals surface area contributed by atoms with Crippen molar-refractivity contribution in [3.05, 3.63) is 65.7 Å². The van der Waals surface area contributed by atoms with Crippen LogP contribution in [0.2, 0.25) is 0 Å². The van der Waals surface area contributed by atoms with Crippen LogP contribution < -0.4 is 10.2 Å². The van der Waals surface area contributed by atoms with Crippen molar-refractivity contribution >= 4 is 16.1 Å². The van der Waals surface area contributed by atoms with Crippen LogP contribution >= 0.6 is 0 Å². The third-order valence-electron chi connectivity index (χ3n) is 4.25. The first-order chi connectivity index (χ1) is 13.3. The summed E-state index contributed by atoms with van der Waals surface area (Å²) in [5.74, 6) is -0.137. The molecule has 152 valence electrons. The van der Waals surface area contributed by atoms with Crippen LogP contribution in [-0.4, -0.2) is 51.8 Å². The zero-order valence-corrected chi connectivity index (χ0v) is 16.7. The number of carbonyl (C=O) groups is 1.